The van der Waals surface area contributed by atoms with Crippen molar-refractivity contribution in [1.29, 1.82) is 0 Å². The average molecular weight is 448 g/mol. The lowest BCUT2D eigenvalue weighted by molar-refractivity contribution is -0.132. The molecule has 1 amide bonds. The number of aliphatic hydroxyl groups is 1. The lowest BCUT2D eigenvalue weighted by atomic mass is 9.92. The number of hydrogen-bond acceptors (Lipinski definition) is 4. The summed E-state index contributed by atoms with van der Waals surface area (Å²) in [4.78, 5) is 28.0. The van der Waals surface area contributed by atoms with Crippen molar-refractivity contribution in [2.24, 2.45) is 0 Å². The number of halogens is 1. The van der Waals surface area contributed by atoms with Gasteiger partial charge in [0.15, 0.2) is 0 Å². The first-order chi connectivity index (χ1) is 15.3. The number of ketones is 1. The van der Waals surface area contributed by atoms with E-state index in [9.17, 15) is 14.7 Å². The molecule has 1 heterocycles. The number of amides is 1. The Morgan fingerprint density at radius 3 is 2.44 bits per heavy atom. The second-order valence-electron chi connectivity index (χ2n) is 7.71. The lowest BCUT2D eigenvalue weighted by Crippen LogP contribution is -2.29. The van der Waals surface area contributed by atoms with E-state index in [1.54, 1.807) is 18.2 Å². The minimum Gasteiger partial charge on any atom is -0.507 e. The third kappa shape index (κ3) is 3.65. The van der Waals surface area contributed by atoms with Crippen molar-refractivity contribution < 1.29 is 19.4 Å². The molecule has 1 aliphatic rings. The number of rotatable bonds is 4. The zero-order valence-corrected chi connectivity index (χ0v) is 18.7. The molecule has 0 aromatic heterocycles. The van der Waals surface area contributed by atoms with Gasteiger partial charge in [0.05, 0.1) is 24.3 Å². The summed E-state index contributed by atoms with van der Waals surface area (Å²) in [7, 11) is 1.46. The number of ether oxygens (including phenoxy) is 1. The number of carbonyl (C=O) groups excluding carboxylic acids is 2. The van der Waals surface area contributed by atoms with Gasteiger partial charge in [0.1, 0.15) is 11.5 Å². The highest BCUT2D eigenvalue weighted by atomic mass is 35.5. The summed E-state index contributed by atoms with van der Waals surface area (Å²) in [6, 6.07) is 18.8. The van der Waals surface area contributed by atoms with Crippen LogP contribution in [0.2, 0.25) is 5.02 Å². The fraction of sp³-hybridized carbons (Fsp3) is 0.154. The molecule has 4 rings (SSSR count). The van der Waals surface area contributed by atoms with E-state index >= 15 is 0 Å². The predicted molar refractivity (Wildman–Crippen MR) is 125 cm³/mol. The Bertz CT molecular complexity index is 1260. The van der Waals surface area contributed by atoms with E-state index < -0.39 is 17.7 Å². The van der Waals surface area contributed by atoms with Crippen LogP contribution in [0.3, 0.4) is 0 Å². The standard InChI is InChI=1S/C26H22ClNO4/c1-15-7-6-9-18(13-15)28-23(19-10-5-4-8-16(19)2)22(25(30)26(28)31)24(29)20-14-17(27)11-12-21(20)32-3/h4-14,23,29H,1-3H3/b24-22+. The monoisotopic (exact) mass is 447 g/mol. The van der Waals surface area contributed by atoms with Crippen molar-refractivity contribution in [2.45, 2.75) is 19.9 Å². The molecule has 1 N–H and O–H groups in total. The summed E-state index contributed by atoms with van der Waals surface area (Å²) >= 11 is 6.16. The Labute approximate surface area is 191 Å². The molecular formula is C26H22ClNO4. The maximum absolute atomic E-state index is 13.3. The van der Waals surface area contributed by atoms with Crippen LogP contribution in [0.5, 0.6) is 5.75 Å². The fourth-order valence-corrected chi connectivity index (χ4v) is 4.25. The van der Waals surface area contributed by atoms with Crippen LogP contribution < -0.4 is 9.64 Å². The third-order valence-electron chi connectivity index (χ3n) is 5.62. The zero-order valence-electron chi connectivity index (χ0n) is 17.9. The first kappa shape index (κ1) is 21.7. The van der Waals surface area contributed by atoms with Gasteiger partial charge in [-0.25, -0.2) is 0 Å². The molecule has 162 valence electrons. The summed E-state index contributed by atoms with van der Waals surface area (Å²) in [6.45, 7) is 3.82. The molecule has 3 aromatic carbocycles. The van der Waals surface area contributed by atoms with Crippen LogP contribution in [0.15, 0.2) is 72.3 Å². The molecule has 1 saturated heterocycles. The molecule has 5 nitrogen and oxygen atoms in total. The van der Waals surface area contributed by atoms with Crippen molar-refractivity contribution in [3.05, 3.63) is 99.6 Å². The molecule has 1 aliphatic heterocycles. The van der Waals surface area contributed by atoms with Crippen LogP contribution in [-0.4, -0.2) is 23.9 Å². The maximum Gasteiger partial charge on any atom is 0.300 e. The van der Waals surface area contributed by atoms with Crippen LogP contribution in [0.1, 0.15) is 28.3 Å². The van der Waals surface area contributed by atoms with Crippen molar-refractivity contribution in [3.8, 4) is 5.75 Å². The SMILES string of the molecule is COc1ccc(Cl)cc1/C(O)=C1\C(=O)C(=O)N(c2cccc(C)c2)C1c1ccccc1C. The van der Waals surface area contributed by atoms with Crippen LogP contribution >= 0.6 is 11.6 Å². The molecular weight excluding hydrogens is 426 g/mol. The van der Waals surface area contributed by atoms with Gasteiger partial charge in [-0.3, -0.25) is 14.5 Å². The first-order valence-electron chi connectivity index (χ1n) is 10.1. The average Bonchev–Trinajstić information content (AvgIpc) is 3.04. The Morgan fingerprint density at radius 1 is 1.00 bits per heavy atom. The van der Waals surface area contributed by atoms with Crippen molar-refractivity contribution in [3.63, 3.8) is 0 Å². The number of carbonyl (C=O) groups is 2. The summed E-state index contributed by atoms with van der Waals surface area (Å²) in [5, 5.41) is 11.7. The van der Waals surface area contributed by atoms with Crippen LogP contribution in [0.25, 0.3) is 5.76 Å². The number of aliphatic hydroxyl groups excluding tert-OH is 1. The van der Waals surface area contributed by atoms with E-state index in [-0.39, 0.29) is 16.9 Å². The van der Waals surface area contributed by atoms with E-state index in [1.165, 1.54) is 18.1 Å². The summed E-state index contributed by atoms with van der Waals surface area (Å²) < 4.78 is 5.37. The molecule has 0 bridgehead atoms. The number of Topliss-reactive ketones (excluding diaryl/α,β-unsaturated/α-hetero) is 1. The van der Waals surface area contributed by atoms with E-state index in [0.717, 1.165) is 16.7 Å². The second kappa shape index (κ2) is 8.52. The third-order valence-corrected chi connectivity index (χ3v) is 5.86. The van der Waals surface area contributed by atoms with E-state index in [4.69, 9.17) is 16.3 Å². The Balaban J connectivity index is 2.02. The van der Waals surface area contributed by atoms with Gasteiger partial charge in [-0.1, -0.05) is 48.0 Å². The number of anilines is 1. The topological polar surface area (TPSA) is 66.8 Å². The normalized spacial score (nSPS) is 17.6. The number of methoxy groups -OCH3 is 1. The lowest BCUT2D eigenvalue weighted by Gasteiger charge is -2.27. The maximum atomic E-state index is 13.3. The van der Waals surface area contributed by atoms with Crippen molar-refractivity contribution in [1.82, 2.24) is 0 Å². The Hall–Kier alpha value is -3.57. The molecule has 6 heteroatoms. The minimum absolute atomic E-state index is 0.00799. The van der Waals surface area contributed by atoms with Gasteiger partial charge in [-0.05, 0) is 60.9 Å². The molecule has 0 radical (unpaired) electrons. The number of hydrogen-bond donors (Lipinski definition) is 1. The fourth-order valence-electron chi connectivity index (χ4n) is 4.07. The van der Waals surface area contributed by atoms with Gasteiger partial charge in [0.2, 0.25) is 0 Å². The van der Waals surface area contributed by atoms with E-state index in [2.05, 4.69) is 0 Å². The summed E-state index contributed by atoms with van der Waals surface area (Å²) in [6.07, 6.45) is 0. The number of nitrogens with zero attached hydrogens (tertiary/aromatic N) is 1. The van der Waals surface area contributed by atoms with Gasteiger partial charge in [-0.15, -0.1) is 0 Å². The summed E-state index contributed by atoms with van der Waals surface area (Å²) in [5.41, 5.74) is 3.41. The van der Waals surface area contributed by atoms with Crippen LogP contribution in [0, 0.1) is 13.8 Å². The van der Waals surface area contributed by atoms with Crippen molar-refractivity contribution >= 4 is 34.7 Å². The molecule has 0 aliphatic carbocycles. The zero-order chi connectivity index (χ0) is 23.0. The molecule has 0 saturated carbocycles. The highest BCUT2D eigenvalue weighted by Gasteiger charge is 2.47. The van der Waals surface area contributed by atoms with Crippen LogP contribution in [-0.2, 0) is 9.59 Å². The minimum atomic E-state index is -0.804. The molecule has 1 fully saturated rings. The highest BCUT2D eigenvalue weighted by Crippen LogP contribution is 2.44. The first-order valence-corrected chi connectivity index (χ1v) is 10.5. The van der Waals surface area contributed by atoms with Gasteiger partial charge in [0.25, 0.3) is 11.7 Å². The second-order valence-corrected chi connectivity index (χ2v) is 8.15. The molecule has 1 unspecified atom stereocenters. The summed E-state index contributed by atoms with van der Waals surface area (Å²) in [5.74, 6) is -1.45. The van der Waals surface area contributed by atoms with Gasteiger partial charge in [-0.2, -0.15) is 0 Å². The number of benzene rings is 3. The molecule has 3 aromatic rings. The van der Waals surface area contributed by atoms with Gasteiger partial charge >= 0.3 is 0 Å². The van der Waals surface area contributed by atoms with E-state index in [1.807, 2.05) is 56.3 Å². The quantitative estimate of drug-likeness (QED) is 0.321. The van der Waals surface area contributed by atoms with Gasteiger partial charge in [0, 0.05) is 10.7 Å². The van der Waals surface area contributed by atoms with Crippen molar-refractivity contribution in [2.75, 3.05) is 12.0 Å². The Morgan fingerprint density at radius 2 is 1.75 bits per heavy atom. The van der Waals surface area contributed by atoms with Gasteiger partial charge < -0.3 is 9.84 Å². The Kier molecular flexibility index (Phi) is 5.76. The predicted octanol–water partition coefficient (Wildman–Crippen LogP) is 5.59. The van der Waals surface area contributed by atoms with Crippen LogP contribution in [0.4, 0.5) is 5.69 Å². The largest absolute Gasteiger partial charge is 0.507 e. The smallest absolute Gasteiger partial charge is 0.300 e. The molecule has 0 spiro atoms. The highest BCUT2D eigenvalue weighted by molar-refractivity contribution is 6.51. The number of aryl methyl sites for hydroxylation is 2. The molecule has 32 heavy (non-hydrogen) atoms. The van der Waals surface area contributed by atoms with E-state index in [0.29, 0.717) is 16.5 Å². The molecule has 1 atom stereocenters.